The number of fused-ring (bicyclic) bond motifs is 1. The third-order valence-corrected chi connectivity index (χ3v) is 6.58. The molecule has 0 N–H and O–H groups in total. The molecule has 0 spiro atoms. The topological polar surface area (TPSA) is 63.7 Å². The number of sulfonamides is 1. The monoisotopic (exact) mass is 395 g/mol. The van der Waals surface area contributed by atoms with Crippen molar-refractivity contribution in [3.63, 3.8) is 0 Å². The zero-order valence-electron chi connectivity index (χ0n) is 12.3. The van der Waals surface area contributed by atoms with Gasteiger partial charge >= 0.3 is 5.97 Å². The minimum Gasteiger partial charge on any atom is -0.465 e. The molecule has 5 nitrogen and oxygen atoms in total. The van der Waals surface area contributed by atoms with Gasteiger partial charge in [-0.3, -0.25) is 4.31 Å². The van der Waals surface area contributed by atoms with E-state index >= 15 is 0 Å². The van der Waals surface area contributed by atoms with Crippen molar-refractivity contribution >= 4 is 37.6 Å². The lowest BCUT2D eigenvalue weighted by Gasteiger charge is -2.20. The molecule has 1 heterocycles. The molecule has 23 heavy (non-hydrogen) atoms. The van der Waals surface area contributed by atoms with Crippen molar-refractivity contribution < 1.29 is 17.9 Å². The van der Waals surface area contributed by atoms with Crippen molar-refractivity contribution in [2.75, 3.05) is 18.0 Å². The van der Waals surface area contributed by atoms with E-state index in [4.69, 9.17) is 4.74 Å². The molecule has 1 aliphatic rings. The van der Waals surface area contributed by atoms with Crippen molar-refractivity contribution in [3.05, 3.63) is 58.1 Å². The molecule has 120 valence electrons. The van der Waals surface area contributed by atoms with Gasteiger partial charge in [0, 0.05) is 11.0 Å². The predicted octanol–water partition coefficient (Wildman–Crippen LogP) is 2.99. The van der Waals surface area contributed by atoms with Gasteiger partial charge in [0.1, 0.15) is 4.90 Å². The second-order valence-electron chi connectivity index (χ2n) is 5.09. The summed E-state index contributed by atoms with van der Waals surface area (Å²) in [4.78, 5) is 11.8. The van der Waals surface area contributed by atoms with Gasteiger partial charge in [0.2, 0.25) is 0 Å². The number of esters is 1. The van der Waals surface area contributed by atoms with Gasteiger partial charge < -0.3 is 4.74 Å². The average molecular weight is 396 g/mol. The van der Waals surface area contributed by atoms with Crippen LogP contribution in [-0.4, -0.2) is 28.0 Å². The van der Waals surface area contributed by atoms with Crippen LogP contribution in [0.2, 0.25) is 0 Å². The molecule has 0 unspecified atom stereocenters. The first-order chi connectivity index (χ1) is 10.9. The van der Waals surface area contributed by atoms with E-state index in [2.05, 4.69) is 15.9 Å². The van der Waals surface area contributed by atoms with Crippen LogP contribution in [0.25, 0.3) is 0 Å². The summed E-state index contributed by atoms with van der Waals surface area (Å²) in [5.41, 5.74) is 1.85. The number of benzene rings is 2. The van der Waals surface area contributed by atoms with E-state index in [0.717, 1.165) is 5.56 Å². The van der Waals surface area contributed by atoms with Crippen molar-refractivity contribution in [1.82, 2.24) is 0 Å². The van der Waals surface area contributed by atoms with Gasteiger partial charge in [0.15, 0.2) is 0 Å². The largest absolute Gasteiger partial charge is 0.465 e. The number of nitrogens with zero attached hydrogens (tertiary/aromatic N) is 1. The van der Waals surface area contributed by atoms with Gasteiger partial charge in [-0.15, -0.1) is 0 Å². The van der Waals surface area contributed by atoms with Crippen molar-refractivity contribution in [3.8, 4) is 0 Å². The Kier molecular flexibility index (Phi) is 4.16. The zero-order valence-corrected chi connectivity index (χ0v) is 14.7. The van der Waals surface area contributed by atoms with Crippen LogP contribution in [0.4, 0.5) is 5.69 Å². The Labute approximate surface area is 143 Å². The molecule has 0 aromatic heterocycles. The molecule has 0 radical (unpaired) electrons. The maximum Gasteiger partial charge on any atom is 0.337 e. The van der Waals surface area contributed by atoms with Crippen LogP contribution in [0.15, 0.2) is 51.8 Å². The van der Waals surface area contributed by atoms with E-state index in [-0.39, 0.29) is 4.90 Å². The molecule has 2 aromatic carbocycles. The Morgan fingerprint density at radius 1 is 1.22 bits per heavy atom. The number of hydrogen-bond acceptors (Lipinski definition) is 4. The van der Waals surface area contributed by atoms with Crippen LogP contribution in [0.1, 0.15) is 15.9 Å². The summed E-state index contributed by atoms with van der Waals surface area (Å²) in [7, 11) is -2.33. The van der Waals surface area contributed by atoms with E-state index < -0.39 is 16.0 Å². The first-order valence-electron chi connectivity index (χ1n) is 6.93. The third kappa shape index (κ3) is 2.74. The molecule has 2 aromatic rings. The summed E-state index contributed by atoms with van der Waals surface area (Å²) in [6.07, 6.45) is 0.559. The molecule has 0 saturated heterocycles. The Morgan fingerprint density at radius 3 is 2.65 bits per heavy atom. The van der Waals surface area contributed by atoms with Gasteiger partial charge in [-0.1, -0.05) is 12.1 Å². The second kappa shape index (κ2) is 5.98. The molecule has 0 saturated carbocycles. The Morgan fingerprint density at radius 2 is 1.96 bits per heavy atom. The number of hydrogen-bond donors (Lipinski definition) is 0. The summed E-state index contributed by atoms with van der Waals surface area (Å²) in [6, 6.07) is 11.7. The van der Waals surface area contributed by atoms with Crippen LogP contribution < -0.4 is 4.31 Å². The van der Waals surface area contributed by atoms with Crippen molar-refractivity contribution in [1.29, 1.82) is 0 Å². The summed E-state index contributed by atoms with van der Waals surface area (Å²) in [5.74, 6) is -0.431. The summed E-state index contributed by atoms with van der Waals surface area (Å²) in [6.45, 7) is 0.351. The van der Waals surface area contributed by atoms with E-state index in [1.165, 1.54) is 11.4 Å². The first-order valence-corrected chi connectivity index (χ1v) is 9.17. The van der Waals surface area contributed by atoms with Gasteiger partial charge in [-0.05, 0) is 58.2 Å². The molecular formula is C16H14BrNO4S. The highest BCUT2D eigenvalue weighted by Gasteiger charge is 2.32. The third-order valence-electron chi connectivity index (χ3n) is 3.76. The Hall–Kier alpha value is -1.86. The second-order valence-corrected chi connectivity index (χ2v) is 7.78. The zero-order chi connectivity index (χ0) is 16.6. The molecule has 0 aliphatic carbocycles. The minimum atomic E-state index is -3.65. The first kappa shape index (κ1) is 16.0. The highest BCUT2D eigenvalue weighted by atomic mass is 79.9. The molecule has 0 amide bonds. The minimum absolute atomic E-state index is 0.227. The highest BCUT2D eigenvalue weighted by molar-refractivity contribution is 9.10. The number of anilines is 1. The maximum absolute atomic E-state index is 12.9. The van der Waals surface area contributed by atoms with Crippen LogP contribution >= 0.6 is 15.9 Å². The van der Waals surface area contributed by atoms with Crippen molar-refractivity contribution in [2.45, 2.75) is 11.3 Å². The van der Waals surface area contributed by atoms with E-state index in [1.807, 2.05) is 0 Å². The lowest BCUT2D eigenvalue weighted by Crippen LogP contribution is -2.29. The van der Waals surface area contributed by atoms with Crippen molar-refractivity contribution in [2.24, 2.45) is 0 Å². The van der Waals surface area contributed by atoms with Crippen LogP contribution in [0.3, 0.4) is 0 Å². The number of carbonyl (C=O) groups excluding carboxylic acids is 1. The smallest absolute Gasteiger partial charge is 0.337 e. The summed E-state index contributed by atoms with van der Waals surface area (Å²) >= 11 is 3.29. The molecular weight excluding hydrogens is 382 g/mol. The quantitative estimate of drug-likeness (QED) is 0.749. The summed E-state index contributed by atoms with van der Waals surface area (Å²) < 4.78 is 32.4. The molecule has 3 rings (SSSR count). The van der Waals surface area contributed by atoms with Gasteiger partial charge in [0.05, 0.1) is 18.4 Å². The molecule has 0 bridgehead atoms. The fourth-order valence-corrected chi connectivity index (χ4v) is 5.11. The Bertz CT molecular complexity index is 879. The molecule has 1 aliphatic heterocycles. The number of halogens is 1. The molecule has 0 fully saturated rings. The number of methoxy groups -OCH3 is 1. The SMILES string of the molecule is COC(=O)c1ccc2c(c1)CCN2S(=O)(=O)c1ccccc1Br. The number of carbonyl (C=O) groups is 1. The van der Waals surface area contributed by atoms with E-state index in [0.29, 0.717) is 28.7 Å². The van der Waals surface area contributed by atoms with Crippen LogP contribution in [0, 0.1) is 0 Å². The highest BCUT2D eigenvalue weighted by Crippen LogP contribution is 2.35. The van der Waals surface area contributed by atoms with Crippen LogP contribution in [0.5, 0.6) is 0 Å². The van der Waals surface area contributed by atoms with Gasteiger partial charge in [-0.25, -0.2) is 13.2 Å². The van der Waals surface area contributed by atoms with E-state index in [1.54, 1.807) is 42.5 Å². The normalized spacial score (nSPS) is 13.7. The lowest BCUT2D eigenvalue weighted by atomic mass is 10.1. The number of ether oxygens (including phenoxy) is 1. The maximum atomic E-state index is 12.9. The predicted molar refractivity (Wildman–Crippen MR) is 90.2 cm³/mol. The Balaban J connectivity index is 2.03. The van der Waals surface area contributed by atoms with Gasteiger partial charge in [-0.2, -0.15) is 0 Å². The molecule has 7 heteroatoms. The average Bonchev–Trinajstić information content (AvgIpc) is 2.98. The standard InChI is InChI=1S/C16H14BrNO4S/c1-22-16(19)12-6-7-14-11(10-12)8-9-18(14)23(20,21)15-5-3-2-4-13(15)17/h2-7,10H,8-9H2,1H3. The van der Waals surface area contributed by atoms with Crippen LogP contribution in [-0.2, 0) is 21.2 Å². The summed E-state index contributed by atoms with van der Waals surface area (Å²) in [5, 5.41) is 0. The number of rotatable bonds is 3. The fraction of sp³-hybridized carbons (Fsp3) is 0.188. The lowest BCUT2D eigenvalue weighted by molar-refractivity contribution is 0.0600. The fourth-order valence-electron chi connectivity index (χ4n) is 2.64. The van der Waals surface area contributed by atoms with E-state index in [9.17, 15) is 13.2 Å². The van der Waals surface area contributed by atoms with Gasteiger partial charge in [0.25, 0.3) is 10.0 Å². The molecule has 0 atom stereocenters.